The van der Waals surface area contributed by atoms with Crippen molar-refractivity contribution in [2.45, 2.75) is 35.6 Å². The van der Waals surface area contributed by atoms with Crippen LogP contribution in [0.4, 0.5) is 0 Å². The van der Waals surface area contributed by atoms with Crippen LogP contribution >= 0.6 is 23.1 Å². The molecule has 2 aromatic rings. The Labute approximate surface area is 185 Å². The lowest BCUT2D eigenvalue weighted by atomic mass is 9.68. The van der Waals surface area contributed by atoms with Crippen LogP contribution in [-0.4, -0.2) is 49.0 Å². The summed E-state index contributed by atoms with van der Waals surface area (Å²) in [4.78, 5) is 59.2. The third kappa shape index (κ3) is 2.46. The standard InChI is InChI=1S/C21H19N3O5S2/c1-7(20(27)28)24-18(25)13-9-5-10(14(13)19(24)26)15-12(9)11(8-3-2-4-22-6-8)16-17(30-15)23-21(29)31-16/h2-4,6-7,9-15H,5H2,1H3,(H,23,29)(H,27,28)/t7-,9+,10+,11+,12+,13+,14-,15+/m0/s1. The number of aromatic amines is 1. The van der Waals surface area contributed by atoms with E-state index in [9.17, 15) is 24.3 Å². The first-order valence-corrected chi connectivity index (χ1v) is 12.0. The molecule has 2 aromatic heterocycles. The molecule has 4 aliphatic rings. The molecule has 2 aliphatic carbocycles. The molecule has 0 unspecified atom stereocenters. The van der Waals surface area contributed by atoms with Crippen LogP contribution < -0.4 is 4.87 Å². The number of fused-ring (bicyclic) bond motifs is 9. The minimum atomic E-state index is -1.17. The molecule has 0 aromatic carbocycles. The summed E-state index contributed by atoms with van der Waals surface area (Å²) >= 11 is 2.82. The van der Waals surface area contributed by atoms with Crippen molar-refractivity contribution in [3.05, 3.63) is 44.6 Å². The number of hydrogen-bond acceptors (Lipinski definition) is 7. The molecule has 3 fully saturated rings. The number of hydrogen-bond donors (Lipinski definition) is 2. The fraction of sp³-hybridized carbons (Fsp3) is 0.476. The quantitative estimate of drug-likeness (QED) is 0.674. The van der Waals surface area contributed by atoms with E-state index in [4.69, 9.17) is 0 Å². The highest BCUT2D eigenvalue weighted by atomic mass is 32.2. The maximum atomic E-state index is 13.3. The molecule has 8 atom stereocenters. The lowest BCUT2D eigenvalue weighted by molar-refractivity contribution is -0.154. The van der Waals surface area contributed by atoms with Gasteiger partial charge in [-0.3, -0.25) is 24.3 Å². The summed E-state index contributed by atoms with van der Waals surface area (Å²) in [5.41, 5.74) is 1.01. The van der Waals surface area contributed by atoms with E-state index in [1.165, 1.54) is 18.3 Å². The lowest BCUT2D eigenvalue weighted by Crippen LogP contribution is -2.44. The smallest absolute Gasteiger partial charge is 0.326 e. The maximum absolute atomic E-state index is 13.3. The number of nitrogens with zero attached hydrogens (tertiary/aromatic N) is 2. The van der Waals surface area contributed by atoms with Crippen molar-refractivity contribution in [1.29, 1.82) is 0 Å². The third-order valence-corrected chi connectivity index (χ3v) is 10.1. The van der Waals surface area contributed by atoms with E-state index in [1.54, 1.807) is 18.0 Å². The molecule has 2 N–H and O–H groups in total. The van der Waals surface area contributed by atoms with Gasteiger partial charge >= 0.3 is 10.8 Å². The average molecular weight is 458 g/mol. The van der Waals surface area contributed by atoms with Crippen LogP contribution in [0.1, 0.15) is 29.7 Å². The summed E-state index contributed by atoms with van der Waals surface area (Å²) in [6.07, 6.45) is 4.30. The zero-order valence-corrected chi connectivity index (χ0v) is 18.1. The van der Waals surface area contributed by atoms with Crippen molar-refractivity contribution in [3.63, 3.8) is 0 Å². The minimum absolute atomic E-state index is 0.0110. The molecule has 2 saturated carbocycles. The number of carboxylic acids is 1. The van der Waals surface area contributed by atoms with E-state index in [2.05, 4.69) is 9.97 Å². The van der Waals surface area contributed by atoms with Crippen LogP contribution in [0.25, 0.3) is 0 Å². The van der Waals surface area contributed by atoms with E-state index in [0.717, 1.165) is 26.8 Å². The number of thioether (sulfide) groups is 1. The predicted molar refractivity (Wildman–Crippen MR) is 112 cm³/mol. The molecular formula is C21H19N3O5S2. The Morgan fingerprint density at radius 2 is 2.00 bits per heavy atom. The van der Waals surface area contributed by atoms with Gasteiger partial charge in [-0.1, -0.05) is 17.4 Å². The number of imide groups is 1. The number of nitrogens with one attached hydrogen (secondary N) is 1. The van der Waals surface area contributed by atoms with Crippen LogP contribution in [0, 0.1) is 29.6 Å². The van der Waals surface area contributed by atoms with Gasteiger partial charge in [0.2, 0.25) is 11.8 Å². The number of carboxylic acid groups (broad SMARTS) is 1. The van der Waals surface area contributed by atoms with Gasteiger partial charge in [0.15, 0.2) is 0 Å². The van der Waals surface area contributed by atoms with Gasteiger partial charge in [0.1, 0.15) is 6.04 Å². The van der Waals surface area contributed by atoms with Gasteiger partial charge in [0.05, 0.1) is 16.9 Å². The predicted octanol–water partition coefficient (Wildman–Crippen LogP) is 1.78. The highest BCUT2D eigenvalue weighted by Gasteiger charge is 2.70. The molecule has 2 aliphatic heterocycles. The Morgan fingerprint density at radius 3 is 2.68 bits per heavy atom. The number of likely N-dealkylation sites (tertiary alicyclic amines) is 1. The van der Waals surface area contributed by atoms with E-state index >= 15 is 0 Å². The van der Waals surface area contributed by atoms with Gasteiger partial charge in [0.25, 0.3) is 0 Å². The monoisotopic (exact) mass is 457 g/mol. The largest absolute Gasteiger partial charge is 0.480 e. The fourth-order valence-electron chi connectivity index (χ4n) is 6.47. The molecule has 0 radical (unpaired) electrons. The Morgan fingerprint density at radius 1 is 1.26 bits per heavy atom. The molecule has 0 spiro atoms. The van der Waals surface area contributed by atoms with E-state index < -0.39 is 23.8 Å². The van der Waals surface area contributed by atoms with Gasteiger partial charge in [-0.15, -0.1) is 11.8 Å². The molecule has 2 bridgehead atoms. The van der Waals surface area contributed by atoms with Crippen LogP contribution in [0.15, 0.2) is 34.3 Å². The Hall–Kier alpha value is -2.46. The van der Waals surface area contributed by atoms with Gasteiger partial charge in [0, 0.05) is 28.4 Å². The second kappa shape index (κ2) is 6.52. The zero-order valence-electron chi connectivity index (χ0n) is 16.4. The molecule has 31 heavy (non-hydrogen) atoms. The number of H-pyrrole nitrogens is 1. The topological polar surface area (TPSA) is 120 Å². The zero-order chi connectivity index (χ0) is 21.6. The van der Waals surface area contributed by atoms with Crippen molar-refractivity contribution < 1.29 is 19.5 Å². The first-order valence-electron chi connectivity index (χ1n) is 10.3. The number of carbonyl (C=O) groups is 3. The molecule has 1 saturated heterocycles. The van der Waals surface area contributed by atoms with Crippen molar-refractivity contribution in [2.75, 3.05) is 0 Å². The number of amides is 2. The summed E-state index contributed by atoms with van der Waals surface area (Å²) < 4.78 is 0. The normalized spacial score (nSPS) is 36.3. The first-order chi connectivity index (χ1) is 14.9. The fourth-order valence-corrected chi connectivity index (χ4v) is 9.35. The first kappa shape index (κ1) is 19.2. The van der Waals surface area contributed by atoms with E-state index in [-0.39, 0.29) is 45.6 Å². The Kier molecular flexibility index (Phi) is 4.05. The van der Waals surface area contributed by atoms with Crippen molar-refractivity contribution in [3.8, 4) is 0 Å². The van der Waals surface area contributed by atoms with Gasteiger partial charge in [-0.25, -0.2) is 4.79 Å². The van der Waals surface area contributed by atoms with E-state index in [0.29, 0.717) is 0 Å². The summed E-state index contributed by atoms with van der Waals surface area (Å²) in [6.45, 7) is 1.39. The highest BCUT2D eigenvalue weighted by molar-refractivity contribution is 8.00. The van der Waals surface area contributed by atoms with Gasteiger partial charge in [-0.05, 0) is 42.7 Å². The Bertz CT molecular complexity index is 1180. The molecule has 2 amide bonds. The molecule has 10 heteroatoms. The Balaban J connectivity index is 1.46. The highest BCUT2D eigenvalue weighted by Crippen LogP contribution is 2.68. The number of rotatable bonds is 3. The SMILES string of the molecule is C[C@@H](C(=O)O)N1C(=O)[C@@H]2[C@@H]3C[C@@H]([C@H]4Sc5[nH]c(=O)sc5[C@H](c5cccnc5)[C@@H]34)[C@@H]2C1=O. The number of thiazole rings is 1. The number of aromatic nitrogens is 2. The number of carbonyl (C=O) groups excluding carboxylic acids is 2. The van der Waals surface area contributed by atoms with Crippen molar-refractivity contribution in [2.24, 2.45) is 29.6 Å². The van der Waals surface area contributed by atoms with E-state index in [1.807, 2.05) is 18.3 Å². The lowest BCUT2D eigenvalue weighted by Gasteiger charge is -2.42. The van der Waals surface area contributed by atoms with Gasteiger partial charge < -0.3 is 10.1 Å². The number of pyridine rings is 1. The summed E-state index contributed by atoms with van der Waals surface area (Å²) in [5, 5.41) is 10.4. The third-order valence-electron chi connectivity index (χ3n) is 7.55. The molecular weight excluding hydrogens is 438 g/mol. The molecule has 8 nitrogen and oxygen atoms in total. The summed E-state index contributed by atoms with van der Waals surface area (Å²) in [6, 6.07) is 2.71. The van der Waals surface area contributed by atoms with Crippen LogP contribution in [0.5, 0.6) is 0 Å². The second-order valence-corrected chi connectivity index (χ2v) is 11.0. The van der Waals surface area contributed by atoms with Crippen LogP contribution in [-0.2, 0) is 14.4 Å². The van der Waals surface area contributed by atoms with Crippen molar-refractivity contribution in [1.82, 2.24) is 14.9 Å². The minimum Gasteiger partial charge on any atom is -0.480 e. The molecule has 6 rings (SSSR count). The van der Waals surface area contributed by atoms with Crippen molar-refractivity contribution >= 4 is 40.9 Å². The summed E-state index contributed by atoms with van der Waals surface area (Å²) in [5.74, 6) is -2.81. The van der Waals surface area contributed by atoms with Crippen LogP contribution in [0.3, 0.4) is 0 Å². The maximum Gasteiger partial charge on any atom is 0.326 e. The second-order valence-electron chi connectivity index (χ2n) is 8.81. The average Bonchev–Trinajstić information content (AvgIpc) is 3.47. The van der Waals surface area contributed by atoms with Gasteiger partial charge in [-0.2, -0.15) is 0 Å². The molecule has 4 heterocycles. The van der Waals surface area contributed by atoms with Crippen LogP contribution in [0.2, 0.25) is 0 Å². The molecule has 160 valence electrons. The summed E-state index contributed by atoms with van der Waals surface area (Å²) in [7, 11) is 0. The number of aliphatic carboxylic acids is 1.